The molecular formula is C25H30FN5O3S. The molecule has 2 N–H and O–H groups in total. The van der Waals surface area contributed by atoms with Crippen molar-refractivity contribution in [1.82, 2.24) is 15.2 Å². The van der Waals surface area contributed by atoms with Crippen molar-refractivity contribution in [2.75, 3.05) is 49.1 Å². The molecule has 3 aromatic rings. The van der Waals surface area contributed by atoms with Crippen LogP contribution in [0.3, 0.4) is 0 Å². The Kier molecular flexibility index (Phi) is 6.95. The molecule has 35 heavy (non-hydrogen) atoms. The van der Waals surface area contributed by atoms with E-state index in [9.17, 15) is 17.6 Å². The number of carbonyl (C=O) groups excluding carboxylic acids is 1. The van der Waals surface area contributed by atoms with Gasteiger partial charge in [-0.05, 0) is 68.9 Å². The second-order valence-corrected chi connectivity index (χ2v) is 10.9. The summed E-state index contributed by atoms with van der Waals surface area (Å²) in [5.74, 6) is -0.0114. The monoisotopic (exact) mass is 499 g/mol. The molecule has 4 rings (SSSR count). The smallest absolute Gasteiger partial charge is 0.251 e. The fourth-order valence-corrected chi connectivity index (χ4v) is 4.79. The Morgan fingerprint density at radius 1 is 1.09 bits per heavy atom. The standard InChI is InChI=1S/C25H30FN5O3S/c1-16-13-20(21(26)15-23(16)29-35(4,33)34)17(2)27-25(32)19-5-7-22-18(14-19)6-8-24(28-22)31-11-9-30(3)10-12-31/h5-8,13-15,17,29H,9-12H2,1-4H3,(H,27,32)/t17-/m1/s1. The largest absolute Gasteiger partial charge is 0.354 e. The Morgan fingerprint density at radius 3 is 2.49 bits per heavy atom. The third kappa shape index (κ3) is 5.88. The highest BCUT2D eigenvalue weighted by atomic mass is 32.2. The van der Waals surface area contributed by atoms with Gasteiger partial charge in [-0.15, -0.1) is 0 Å². The summed E-state index contributed by atoms with van der Waals surface area (Å²) in [7, 11) is -1.42. The molecule has 0 radical (unpaired) electrons. The fraction of sp³-hybridized carbons (Fsp3) is 0.360. The first-order valence-corrected chi connectivity index (χ1v) is 13.3. The zero-order valence-corrected chi connectivity index (χ0v) is 21.1. The highest BCUT2D eigenvalue weighted by Gasteiger charge is 2.19. The van der Waals surface area contributed by atoms with Gasteiger partial charge >= 0.3 is 0 Å². The SMILES string of the molecule is Cc1cc([C@@H](C)NC(=O)c2ccc3nc(N4CCN(C)CC4)ccc3c2)c(F)cc1NS(C)(=O)=O. The number of aryl methyl sites for hydroxylation is 1. The van der Waals surface area contributed by atoms with Gasteiger partial charge in [-0.1, -0.05) is 0 Å². The number of halogens is 1. The molecule has 2 aromatic carbocycles. The quantitative estimate of drug-likeness (QED) is 0.541. The summed E-state index contributed by atoms with van der Waals surface area (Å²) in [4.78, 5) is 22.2. The number of benzene rings is 2. The van der Waals surface area contributed by atoms with Crippen LogP contribution >= 0.6 is 0 Å². The van der Waals surface area contributed by atoms with Crippen LogP contribution in [0.1, 0.15) is 34.5 Å². The minimum Gasteiger partial charge on any atom is -0.354 e. The van der Waals surface area contributed by atoms with Gasteiger partial charge in [0.2, 0.25) is 10.0 Å². The van der Waals surface area contributed by atoms with E-state index in [0.717, 1.165) is 55.2 Å². The maximum atomic E-state index is 14.7. The number of fused-ring (bicyclic) bond motifs is 1. The van der Waals surface area contributed by atoms with Gasteiger partial charge in [-0.2, -0.15) is 0 Å². The summed E-state index contributed by atoms with van der Waals surface area (Å²) in [6.07, 6.45) is 1.01. The number of anilines is 2. The van der Waals surface area contributed by atoms with Gasteiger partial charge in [0, 0.05) is 42.7 Å². The summed E-state index contributed by atoms with van der Waals surface area (Å²) in [6.45, 7) is 7.20. The molecule has 0 spiro atoms. The molecule has 1 atom stereocenters. The molecule has 1 amide bonds. The van der Waals surface area contributed by atoms with Gasteiger partial charge in [0.15, 0.2) is 0 Å². The van der Waals surface area contributed by atoms with Crippen molar-refractivity contribution in [2.45, 2.75) is 19.9 Å². The van der Waals surface area contributed by atoms with Crippen LogP contribution in [0.4, 0.5) is 15.9 Å². The summed E-state index contributed by atoms with van der Waals surface area (Å²) in [6, 6.07) is 11.3. The van der Waals surface area contributed by atoms with Crippen LogP contribution in [0, 0.1) is 12.7 Å². The highest BCUT2D eigenvalue weighted by Crippen LogP contribution is 2.26. The number of nitrogens with zero attached hydrogens (tertiary/aromatic N) is 3. The van der Waals surface area contributed by atoms with E-state index < -0.39 is 21.9 Å². The van der Waals surface area contributed by atoms with Crippen molar-refractivity contribution in [3.8, 4) is 0 Å². The van der Waals surface area contributed by atoms with Crippen molar-refractivity contribution < 1.29 is 17.6 Å². The number of aromatic nitrogens is 1. The maximum absolute atomic E-state index is 14.7. The van der Waals surface area contributed by atoms with E-state index in [1.54, 1.807) is 26.0 Å². The summed E-state index contributed by atoms with van der Waals surface area (Å²) in [5.41, 5.74) is 2.26. The minimum atomic E-state index is -3.53. The summed E-state index contributed by atoms with van der Waals surface area (Å²) < 4.78 is 40.0. The summed E-state index contributed by atoms with van der Waals surface area (Å²) >= 11 is 0. The first-order chi connectivity index (χ1) is 16.5. The molecule has 2 heterocycles. The molecule has 0 aliphatic carbocycles. The number of rotatable bonds is 6. The maximum Gasteiger partial charge on any atom is 0.251 e. The van der Waals surface area contributed by atoms with E-state index in [1.165, 1.54) is 6.07 Å². The van der Waals surface area contributed by atoms with Gasteiger partial charge in [0.25, 0.3) is 5.91 Å². The Labute approximate surface area is 205 Å². The highest BCUT2D eigenvalue weighted by molar-refractivity contribution is 7.92. The van der Waals surface area contributed by atoms with E-state index in [4.69, 9.17) is 4.98 Å². The van der Waals surface area contributed by atoms with E-state index in [0.29, 0.717) is 11.1 Å². The normalized spacial score (nSPS) is 15.7. The number of hydrogen-bond donors (Lipinski definition) is 2. The Balaban J connectivity index is 1.49. The lowest BCUT2D eigenvalue weighted by Gasteiger charge is -2.33. The van der Waals surface area contributed by atoms with E-state index in [2.05, 4.69) is 26.9 Å². The molecule has 1 aliphatic rings. The van der Waals surface area contributed by atoms with Crippen molar-refractivity contribution in [3.05, 3.63) is 65.0 Å². The Morgan fingerprint density at radius 2 is 1.80 bits per heavy atom. The van der Waals surface area contributed by atoms with Crippen LogP contribution < -0.4 is 14.9 Å². The molecule has 8 nitrogen and oxygen atoms in total. The molecular weight excluding hydrogens is 469 g/mol. The van der Waals surface area contributed by atoms with E-state index in [-0.39, 0.29) is 17.2 Å². The van der Waals surface area contributed by atoms with Crippen molar-refractivity contribution >= 4 is 38.3 Å². The van der Waals surface area contributed by atoms with Crippen LogP contribution in [-0.4, -0.2) is 63.7 Å². The minimum absolute atomic E-state index is 0.172. The van der Waals surface area contributed by atoms with Crippen molar-refractivity contribution in [3.63, 3.8) is 0 Å². The second kappa shape index (κ2) is 9.79. The Hall–Kier alpha value is -3.24. The third-order valence-corrected chi connectivity index (χ3v) is 6.81. The zero-order valence-electron chi connectivity index (χ0n) is 20.3. The van der Waals surface area contributed by atoms with Gasteiger partial charge in [-0.25, -0.2) is 17.8 Å². The van der Waals surface area contributed by atoms with Crippen molar-refractivity contribution in [2.24, 2.45) is 0 Å². The lowest BCUT2D eigenvalue weighted by Crippen LogP contribution is -2.44. The topological polar surface area (TPSA) is 94.6 Å². The predicted octanol–water partition coefficient (Wildman–Crippen LogP) is 3.30. The van der Waals surface area contributed by atoms with Crippen molar-refractivity contribution in [1.29, 1.82) is 0 Å². The number of sulfonamides is 1. The average Bonchev–Trinajstić information content (AvgIpc) is 2.80. The van der Waals surface area contributed by atoms with Crippen LogP contribution in [0.5, 0.6) is 0 Å². The number of carbonyl (C=O) groups is 1. The van der Waals surface area contributed by atoms with E-state index >= 15 is 0 Å². The number of amides is 1. The number of likely N-dealkylation sites (N-methyl/N-ethyl adjacent to an activating group) is 1. The average molecular weight is 500 g/mol. The Bertz CT molecular complexity index is 1370. The third-order valence-electron chi connectivity index (χ3n) is 6.22. The van der Waals surface area contributed by atoms with Crippen LogP contribution in [0.15, 0.2) is 42.5 Å². The molecule has 1 saturated heterocycles. The molecule has 1 aliphatic heterocycles. The molecule has 0 saturated carbocycles. The number of pyridine rings is 1. The van der Waals surface area contributed by atoms with Crippen LogP contribution in [0.2, 0.25) is 0 Å². The van der Waals surface area contributed by atoms with Gasteiger partial charge in [0.1, 0.15) is 11.6 Å². The number of hydrogen-bond acceptors (Lipinski definition) is 6. The lowest BCUT2D eigenvalue weighted by molar-refractivity contribution is 0.0939. The number of piperazine rings is 1. The van der Waals surface area contributed by atoms with Gasteiger partial charge < -0.3 is 15.1 Å². The molecule has 186 valence electrons. The first-order valence-electron chi connectivity index (χ1n) is 11.4. The zero-order chi connectivity index (χ0) is 25.3. The second-order valence-electron chi connectivity index (χ2n) is 9.13. The van der Waals surface area contributed by atoms with E-state index in [1.807, 2.05) is 18.2 Å². The molecule has 1 fully saturated rings. The van der Waals surface area contributed by atoms with Crippen LogP contribution in [-0.2, 0) is 10.0 Å². The molecule has 0 unspecified atom stereocenters. The lowest BCUT2D eigenvalue weighted by atomic mass is 10.0. The molecule has 0 bridgehead atoms. The van der Waals surface area contributed by atoms with Gasteiger partial charge in [-0.3, -0.25) is 9.52 Å². The predicted molar refractivity (Wildman–Crippen MR) is 137 cm³/mol. The molecule has 1 aromatic heterocycles. The molecule has 10 heteroatoms. The number of nitrogens with one attached hydrogen (secondary N) is 2. The summed E-state index contributed by atoms with van der Waals surface area (Å²) in [5, 5.41) is 3.68. The van der Waals surface area contributed by atoms with Gasteiger partial charge in [0.05, 0.1) is 23.5 Å². The van der Waals surface area contributed by atoms with Crippen LogP contribution in [0.25, 0.3) is 10.9 Å². The first kappa shape index (κ1) is 24.9. The fourth-order valence-electron chi connectivity index (χ4n) is 4.17.